The molecule has 0 saturated heterocycles. The van der Waals surface area contributed by atoms with Gasteiger partial charge in [0.15, 0.2) is 0 Å². The SMILES string of the molecule is NC1CCC(N)(c2ccnc3cc(Cl)ccc23)C1. The van der Waals surface area contributed by atoms with Crippen molar-refractivity contribution in [1.82, 2.24) is 4.98 Å². The van der Waals surface area contributed by atoms with Gasteiger partial charge in [0.25, 0.3) is 0 Å². The fourth-order valence-corrected chi connectivity index (χ4v) is 3.08. The minimum Gasteiger partial charge on any atom is -0.328 e. The van der Waals surface area contributed by atoms with Crippen molar-refractivity contribution in [3.63, 3.8) is 0 Å². The van der Waals surface area contributed by atoms with Crippen molar-refractivity contribution in [3.05, 3.63) is 41.0 Å². The maximum absolute atomic E-state index is 6.53. The van der Waals surface area contributed by atoms with Gasteiger partial charge >= 0.3 is 0 Å². The molecule has 0 spiro atoms. The summed E-state index contributed by atoms with van der Waals surface area (Å²) >= 11 is 6.00. The van der Waals surface area contributed by atoms with Crippen LogP contribution in [0.5, 0.6) is 0 Å². The molecule has 0 aliphatic heterocycles. The molecular weight excluding hydrogens is 246 g/mol. The van der Waals surface area contributed by atoms with Gasteiger partial charge in [0.1, 0.15) is 0 Å². The Kier molecular flexibility index (Phi) is 2.77. The van der Waals surface area contributed by atoms with Crippen LogP contribution in [0.25, 0.3) is 10.9 Å². The Balaban J connectivity index is 2.18. The number of benzene rings is 1. The first-order valence-corrected chi connectivity index (χ1v) is 6.55. The highest BCUT2D eigenvalue weighted by atomic mass is 35.5. The first-order chi connectivity index (χ1) is 8.58. The lowest BCUT2D eigenvalue weighted by Crippen LogP contribution is -2.35. The molecule has 1 aromatic carbocycles. The molecule has 4 heteroatoms. The minimum atomic E-state index is -0.325. The van der Waals surface area contributed by atoms with Crippen molar-refractivity contribution in [3.8, 4) is 0 Å². The summed E-state index contributed by atoms with van der Waals surface area (Å²) in [6.45, 7) is 0. The van der Waals surface area contributed by atoms with Gasteiger partial charge in [0, 0.05) is 28.2 Å². The predicted molar refractivity (Wildman–Crippen MR) is 74.4 cm³/mol. The van der Waals surface area contributed by atoms with Crippen LogP contribution in [-0.4, -0.2) is 11.0 Å². The van der Waals surface area contributed by atoms with E-state index < -0.39 is 0 Å². The molecule has 1 heterocycles. The zero-order valence-corrected chi connectivity index (χ0v) is 10.8. The Labute approximate surface area is 111 Å². The molecular formula is C14H16ClN3. The largest absolute Gasteiger partial charge is 0.328 e. The third-order valence-electron chi connectivity index (χ3n) is 3.83. The molecule has 1 aliphatic carbocycles. The van der Waals surface area contributed by atoms with Crippen LogP contribution in [0.15, 0.2) is 30.5 Å². The molecule has 18 heavy (non-hydrogen) atoms. The average molecular weight is 262 g/mol. The van der Waals surface area contributed by atoms with Crippen molar-refractivity contribution in [2.24, 2.45) is 11.5 Å². The van der Waals surface area contributed by atoms with Gasteiger partial charge in [-0.15, -0.1) is 0 Å². The van der Waals surface area contributed by atoms with Crippen LogP contribution in [0.4, 0.5) is 0 Å². The summed E-state index contributed by atoms with van der Waals surface area (Å²) in [5.74, 6) is 0. The van der Waals surface area contributed by atoms with Gasteiger partial charge in [-0.3, -0.25) is 4.98 Å². The van der Waals surface area contributed by atoms with Crippen LogP contribution in [0.3, 0.4) is 0 Å². The van der Waals surface area contributed by atoms with Crippen LogP contribution in [0.2, 0.25) is 5.02 Å². The Morgan fingerprint density at radius 1 is 1.33 bits per heavy atom. The Bertz CT molecular complexity index is 599. The lowest BCUT2D eigenvalue weighted by Gasteiger charge is -2.26. The summed E-state index contributed by atoms with van der Waals surface area (Å²) in [4.78, 5) is 4.35. The molecule has 3 nitrogen and oxygen atoms in total. The molecule has 1 aromatic heterocycles. The van der Waals surface area contributed by atoms with Crippen LogP contribution in [0.1, 0.15) is 24.8 Å². The van der Waals surface area contributed by atoms with E-state index in [-0.39, 0.29) is 11.6 Å². The zero-order chi connectivity index (χ0) is 12.8. The van der Waals surface area contributed by atoms with Gasteiger partial charge < -0.3 is 11.5 Å². The summed E-state index contributed by atoms with van der Waals surface area (Å²) in [6.07, 6.45) is 4.53. The summed E-state index contributed by atoms with van der Waals surface area (Å²) in [7, 11) is 0. The van der Waals surface area contributed by atoms with Crippen LogP contribution in [-0.2, 0) is 5.54 Å². The van der Waals surface area contributed by atoms with E-state index in [1.54, 1.807) is 6.20 Å². The summed E-state index contributed by atoms with van der Waals surface area (Å²) in [5, 5.41) is 1.78. The maximum Gasteiger partial charge on any atom is 0.0720 e. The standard InChI is InChI=1S/C14H16ClN3/c15-9-1-2-11-12(4-6-18-13(11)7-9)14(17)5-3-10(16)8-14/h1-2,4,6-7,10H,3,5,8,16-17H2. The number of nitrogens with two attached hydrogens (primary N) is 2. The van der Waals surface area contributed by atoms with E-state index in [9.17, 15) is 0 Å². The zero-order valence-electron chi connectivity index (χ0n) is 10.1. The number of pyridine rings is 1. The van der Waals surface area contributed by atoms with Crippen molar-refractivity contribution >= 4 is 22.5 Å². The van der Waals surface area contributed by atoms with E-state index in [2.05, 4.69) is 4.98 Å². The molecule has 1 fully saturated rings. The number of fused-ring (bicyclic) bond motifs is 1. The second kappa shape index (κ2) is 4.19. The van der Waals surface area contributed by atoms with Crippen LogP contribution < -0.4 is 11.5 Å². The number of halogens is 1. The number of rotatable bonds is 1. The van der Waals surface area contributed by atoms with Crippen molar-refractivity contribution < 1.29 is 0 Å². The van der Waals surface area contributed by atoms with E-state index in [0.717, 1.165) is 35.7 Å². The second-order valence-corrected chi connectivity index (χ2v) is 5.62. The van der Waals surface area contributed by atoms with Gasteiger partial charge in [0.05, 0.1) is 5.52 Å². The number of hydrogen-bond acceptors (Lipinski definition) is 3. The molecule has 2 atom stereocenters. The van der Waals surface area contributed by atoms with Gasteiger partial charge in [-0.05, 0) is 43.0 Å². The quantitative estimate of drug-likeness (QED) is 0.829. The number of hydrogen-bond donors (Lipinski definition) is 2. The molecule has 2 unspecified atom stereocenters. The molecule has 2 aromatic rings. The van der Waals surface area contributed by atoms with Gasteiger partial charge in [-0.1, -0.05) is 17.7 Å². The third-order valence-corrected chi connectivity index (χ3v) is 4.06. The fourth-order valence-electron chi connectivity index (χ4n) is 2.91. The molecule has 0 amide bonds. The normalized spacial score (nSPS) is 27.8. The maximum atomic E-state index is 6.53. The van der Waals surface area contributed by atoms with E-state index in [0.29, 0.717) is 5.02 Å². The highest BCUT2D eigenvalue weighted by molar-refractivity contribution is 6.31. The highest BCUT2D eigenvalue weighted by Gasteiger charge is 2.36. The highest BCUT2D eigenvalue weighted by Crippen LogP contribution is 2.38. The Hall–Kier alpha value is -1.16. The van der Waals surface area contributed by atoms with Crippen molar-refractivity contribution in [2.45, 2.75) is 30.8 Å². The molecule has 94 valence electrons. The number of nitrogens with zero attached hydrogens (tertiary/aromatic N) is 1. The number of aromatic nitrogens is 1. The monoisotopic (exact) mass is 261 g/mol. The minimum absolute atomic E-state index is 0.200. The second-order valence-electron chi connectivity index (χ2n) is 5.18. The Morgan fingerprint density at radius 2 is 2.17 bits per heavy atom. The first-order valence-electron chi connectivity index (χ1n) is 6.18. The topological polar surface area (TPSA) is 64.9 Å². The summed E-state index contributed by atoms with van der Waals surface area (Å²) in [6, 6.07) is 7.96. The molecule has 0 radical (unpaired) electrons. The smallest absolute Gasteiger partial charge is 0.0720 e. The van der Waals surface area contributed by atoms with Crippen molar-refractivity contribution in [1.29, 1.82) is 0 Å². The van der Waals surface area contributed by atoms with Crippen LogP contribution in [0, 0.1) is 0 Å². The van der Waals surface area contributed by atoms with E-state index in [1.807, 2.05) is 24.3 Å². The van der Waals surface area contributed by atoms with Gasteiger partial charge in [-0.25, -0.2) is 0 Å². The molecule has 3 rings (SSSR count). The predicted octanol–water partition coefficient (Wildman–Crippen LogP) is 2.55. The average Bonchev–Trinajstić information content (AvgIpc) is 2.69. The van der Waals surface area contributed by atoms with Crippen LogP contribution >= 0.6 is 11.6 Å². The molecule has 1 saturated carbocycles. The van der Waals surface area contributed by atoms with E-state index in [1.165, 1.54) is 0 Å². The first kappa shape index (κ1) is 11.9. The van der Waals surface area contributed by atoms with E-state index >= 15 is 0 Å². The van der Waals surface area contributed by atoms with Crippen molar-refractivity contribution in [2.75, 3.05) is 0 Å². The fraction of sp³-hybridized carbons (Fsp3) is 0.357. The lowest BCUT2D eigenvalue weighted by atomic mass is 9.87. The summed E-state index contributed by atoms with van der Waals surface area (Å²) < 4.78 is 0. The molecule has 4 N–H and O–H groups in total. The lowest BCUT2D eigenvalue weighted by molar-refractivity contribution is 0.457. The summed E-state index contributed by atoms with van der Waals surface area (Å²) in [5.41, 5.74) is 14.2. The van der Waals surface area contributed by atoms with Gasteiger partial charge in [0.2, 0.25) is 0 Å². The van der Waals surface area contributed by atoms with E-state index in [4.69, 9.17) is 23.1 Å². The molecule has 0 bridgehead atoms. The van der Waals surface area contributed by atoms with Gasteiger partial charge in [-0.2, -0.15) is 0 Å². The third kappa shape index (κ3) is 1.88. The Morgan fingerprint density at radius 3 is 2.89 bits per heavy atom. The molecule has 1 aliphatic rings.